The van der Waals surface area contributed by atoms with Crippen molar-refractivity contribution in [2.75, 3.05) is 10.6 Å². The minimum absolute atomic E-state index is 0.196. The zero-order chi connectivity index (χ0) is 49.2. The number of imidazole rings is 1. The maximum absolute atomic E-state index is 12.6. The number of amides is 2. The molecule has 0 radical (unpaired) electrons. The van der Waals surface area contributed by atoms with Gasteiger partial charge in [0.2, 0.25) is 6.29 Å². The fourth-order valence-corrected chi connectivity index (χ4v) is 7.98. The van der Waals surface area contributed by atoms with Gasteiger partial charge in [-0.3, -0.25) is 33.5 Å². The number of terminal acetylenes is 2. The van der Waals surface area contributed by atoms with E-state index in [2.05, 4.69) is 52.4 Å². The molecule has 3 aliphatic heterocycles. The van der Waals surface area contributed by atoms with Crippen LogP contribution in [0.25, 0.3) is 11.2 Å². The molecule has 2 saturated heterocycles. The summed E-state index contributed by atoms with van der Waals surface area (Å²) in [6, 6.07) is 17.8. The Bertz CT molecular complexity index is 2770. The van der Waals surface area contributed by atoms with Crippen molar-refractivity contribution < 1.29 is 47.7 Å². The van der Waals surface area contributed by atoms with Gasteiger partial charge >= 0.3 is 17.9 Å². The summed E-state index contributed by atoms with van der Waals surface area (Å²) in [5.74, 6) is 3.61. The summed E-state index contributed by atoms with van der Waals surface area (Å²) in [4.78, 5) is 83.8. The maximum atomic E-state index is 12.6. The Morgan fingerprint density at radius 1 is 0.706 bits per heavy atom. The smallest absolute Gasteiger partial charge is 0.305 e. The summed E-state index contributed by atoms with van der Waals surface area (Å²) in [5.41, 5.74) is 1.59. The zero-order valence-corrected chi connectivity index (χ0v) is 38.5. The quantitative estimate of drug-likeness (QED) is 0.0901. The summed E-state index contributed by atoms with van der Waals surface area (Å²) in [5, 5.41) is 5.53. The Balaban J connectivity index is 0.000000181. The molecule has 19 nitrogen and oxygen atoms in total. The molecule has 5 aromatic rings. The predicted octanol–water partition coefficient (Wildman–Crippen LogP) is 6.20. The van der Waals surface area contributed by atoms with E-state index in [0.717, 1.165) is 5.69 Å². The molecule has 3 unspecified atom stereocenters. The third-order valence-corrected chi connectivity index (χ3v) is 11.7. The van der Waals surface area contributed by atoms with Gasteiger partial charge in [0.15, 0.2) is 41.2 Å². The molecule has 2 aromatic carbocycles. The van der Waals surface area contributed by atoms with Crippen LogP contribution >= 0.6 is 0 Å². The number of nitrogens with zero attached hydrogens (tertiary/aromatic N) is 7. The molecule has 3 aliphatic rings. The van der Waals surface area contributed by atoms with E-state index < -0.39 is 53.8 Å². The minimum Gasteiger partial charge on any atom is -0.457 e. The number of hydrogen-bond acceptors (Lipinski definition) is 16. The van der Waals surface area contributed by atoms with E-state index in [0.29, 0.717) is 53.1 Å². The molecule has 0 spiro atoms. The second-order valence-corrected chi connectivity index (χ2v) is 15.8. The molecule has 68 heavy (non-hydrogen) atoms. The third kappa shape index (κ3) is 10.7. The van der Waals surface area contributed by atoms with Crippen molar-refractivity contribution in [1.82, 2.24) is 29.5 Å². The Labute approximate surface area is 392 Å². The van der Waals surface area contributed by atoms with Crippen LogP contribution in [0.2, 0.25) is 0 Å². The number of anilines is 2. The van der Waals surface area contributed by atoms with Crippen LogP contribution in [0, 0.1) is 36.5 Å². The topological polar surface area (TPSA) is 237 Å². The third-order valence-electron chi connectivity index (χ3n) is 11.7. The molecule has 2 N–H and O–H groups in total. The molecule has 3 aromatic heterocycles. The van der Waals surface area contributed by atoms with Gasteiger partial charge < -0.3 is 34.3 Å². The van der Waals surface area contributed by atoms with Gasteiger partial charge in [0, 0.05) is 56.4 Å². The Morgan fingerprint density at radius 3 is 1.78 bits per heavy atom. The first-order valence-electron chi connectivity index (χ1n) is 21.7. The lowest BCUT2D eigenvalue weighted by molar-refractivity contribution is -0.199. The number of benzene rings is 2. The predicted molar refractivity (Wildman–Crippen MR) is 248 cm³/mol. The lowest BCUT2D eigenvalue weighted by Gasteiger charge is -2.25. The highest BCUT2D eigenvalue weighted by atomic mass is 16.7. The van der Waals surface area contributed by atoms with E-state index in [1.807, 2.05) is 52.0 Å². The number of nitrogens with one attached hydrogen (secondary N) is 2. The van der Waals surface area contributed by atoms with Crippen molar-refractivity contribution in [3.8, 4) is 24.7 Å². The van der Waals surface area contributed by atoms with Crippen LogP contribution in [0.1, 0.15) is 93.9 Å². The molecule has 2 amide bonds. The molecule has 8 atom stereocenters. The molecule has 0 bridgehead atoms. The number of aliphatic imine (C=N–C) groups is 1. The molecule has 352 valence electrons. The number of carbonyl (C=O) groups is 5. The average molecular weight is 926 g/mol. The van der Waals surface area contributed by atoms with E-state index in [-0.39, 0.29) is 29.5 Å². The summed E-state index contributed by atoms with van der Waals surface area (Å²) >= 11 is 0. The van der Waals surface area contributed by atoms with Crippen molar-refractivity contribution in [2.45, 2.75) is 104 Å². The van der Waals surface area contributed by atoms with Crippen LogP contribution < -0.4 is 10.6 Å². The Kier molecular flexibility index (Phi) is 15.8. The first-order valence-corrected chi connectivity index (χ1v) is 21.7. The highest BCUT2D eigenvalue weighted by molar-refractivity contribution is 6.07. The highest BCUT2D eigenvalue weighted by Gasteiger charge is 2.55. The molecule has 19 heteroatoms. The van der Waals surface area contributed by atoms with Gasteiger partial charge in [-0.25, -0.2) is 24.9 Å². The van der Waals surface area contributed by atoms with Gasteiger partial charge in [-0.1, -0.05) is 75.9 Å². The summed E-state index contributed by atoms with van der Waals surface area (Å²) < 4.78 is 29.3. The van der Waals surface area contributed by atoms with Gasteiger partial charge in [0.25, 0.3) is 11.8 Å². The molecule has 0 aliphatic carbocycles. The minimum atomic E-state index is -0.947. The molecular formula is C49H51N9O10. The number of hydrogen-bond donors (Lipinski definition) is 2. The van der Waals surface area contributed by atoms with E-state index in [4.69, 9.17) is 36.5 Å². The van der Waals surface area contributed by atoms with Gasteiger partial charge in [-0.05, 0) is 37.1 Å². The molecule has 2 fully saturated rings. The number of fused-ring (bicyclic) bond motifs is 2. The molecule has 0 saturated carbocycles. The van der Waals surface area contributed by atoms with Gasteiger partial charge in [0.05, 0.1) is 12.0 Å². The van der Waals surface area contributed by atoms with Crippen LogP contribution in [0.3, 0.4) is 0 Å². The van der Waals surface area contributed by atoms with Crippen LogP contribution in [0.4, 0.5) is 17.3 Å². The van der Waals surface area contributed by atoms with E-state index in [9.17, 15) is 24.0 Å². The van der Waals surface area contributed by atoms with Crippen molar-refractivity contribution in [3.05, 3.63) is 96.5 Å². The summed E-state index contributed by atoms with van der Waals surface area (Å²) in [6.45, 7) is 11.4. The maximum Gasteiger partial charge on any atom is 0.305 e. The number of aromatic nitrogens is 6. The highest BCUT2D eigenvalue weighted by Crippen LogP contribution is 2.46. The molecular weight excluding hydrogens is 875 g/mol. The van der Waals surface area contributed by atoms with Gasteiger partial charge in [0.1, 0.15) is 29.5 Å². The summed E-state index contributed by atoms with van der Waals surface area (Å²) in [7, 11) is 0. The fourth-order valence-electron chi connectivity index (χ4n) is 7.98. The van der Waals surface area contributed by atoms with Crippen LogP contribution in [0.5, 0.6) is 0 Å². The first kappa shape index (κ1) is 49.6. The normalized spacial score (nSPS) is 24.1. The molecule has 6 heterocycles. The second kappa shape index (κ2) is 21.6. The van der Waals surface area contributed by atoms with Gasteiger partial charge in [-0.15, -0.1) is 12.8 Å². The van der Waals surface area contributed by atoms with Crippen LogP contribution in [-0.2, 0) is 44.5 Å². The number of esters is 3. The molecule has 8 rings (SSSR count). The number of ether oxygens (including phenoxy) is 5. The lowest BCUT2D eigenvalue weighted by Crippen LogP contribution is -2.36. The lowest BCUT2D eigenvalue weighted by atomic mass is 9.85. The van der Waals surface area contributed by atoms with E-state index in [1.54, 1.807) is 47.2 Å². The SMILES string of the molecule is C#C[C@]1(CC)OC(OC(C)=O)[C@@H](OC(C)=O)C1C.C#C[C@]1(CC)O[C@@H](n2cnc3c(NC(=O)c4ccccc4)ncnc32)[C@@H](OC(C)=O)C1C.O=C(Nc1ncnc2c1N=CC2)c1ccccc1. The standard InChI is InChI=1S/C23H23N5O4.C13H10N4O.C13H18O5/c1-5-23(6-2)14(3)18(31-15(4)29)22(32-23)28-13-26-17-19(24-12-25-20(17)28)27-21(30)16-10-8-7-9-11-16;18-13(9-4-2-1-3-5-9)17-12-11-10(6-7-14-11)15-8-16-12;1-6-13(7-2)8(3)11(16-9(4)14)12(18-13)17-10(5)15/h1,7-14,18,22H,6H2,2-4H3,(H,24,25,27,30);1-5,7-8H,6H2,(H,15,16,17,18);1,8,11-12H,7H2,2-5H3/t14?,18-,22+,23+;;8?,11-,12?,13+/m0.0/s1. The van der Waals surface area contributed by atoms with Gasteiger partial charge in [-0.2, -0.15) is 0 Å². The largest absolute Gasteiger partial charge is 0.457 e. The van der Waals surface area contributed by atoms with Crippen molar-refractivity contribution in [1.29, 1.82) is 0 Å². The zero-order valence-electron chi connectivity index (χ0n) is 38.5. The van der Waals surface area contributed by atoms with Crippen LogP contribution in [-0.4, -0.2) is 95.1 Å². The first-order chi connectivity index (χ1) is 32.6. The van der Waals surface area contributed by atoms with E-state index >= 15 is 0 Å². The van der Waals surface area contributed by atoms with Crippen LogP contribution in [0.15, 0.2) is 84.6 Å². The number of rotatable bonds is 10. The Morgan fingerprint density at radius 2 is 1.22 bits per heavy atom. The summed E-state index contributed by atoms with van der Waals surface area (Å²) in [6.07, 6.45) is 16.1. The van der Waals surface area contributed by atoms with Crippen molar-refractivity contribution in [2.24, 2.45) is 16.8 Å². The fraction of sp³-hybridized carbons (Fsp3) is 0.367. The number of carbonyl (C=O) groups excluding carboxylic acids is 5. The monoisotopic (exact) mass is 925 g/mol. The van der Waals surface area contributed by atoms with Crippen molar-refractivity contribution in [3.63, 3.8) is 0 Å². The van der Waals surface area contributed by atoms with Crippen molar-refractivity contribution >= 4 is 64.4 Å². The second-order valence-electron chi connectivity index (χ2n) is 15.8. The Hall–Kier alpha value is -7.87. The van der Waals surface area contributed by atoms with E-state index in [1.165, 1.54) is 39.8 Å². The average Bonchev–Trinajstić information content (AvgIpc) is 4.12.